The fourth-order valence-electron chi connectivity index (χ4n) is 3.67. The van der Waals surface area contributed by atoms with Crippen molar-refractivity contribution in [2.75, 3.05) is 31.3 Å². The quantitative estimate of drug-likeness (QED) is 0.389. The summed E-state index contributed by atoms with van der Waals surface area (Å²) < 4.78 is 11.1. The van der Waals surface area contributed by atoms with E-state index in [0.29, 0.717) is 36.5 Å². The molecule has 8 heteroatoms. The number of ether oxygens (including phenoxy) is 2. The van der Waals surface area contributed by atoms with E-state index in [2.05, 4.69) is 10.3 Å². The zero-order chi connectivity index (χ0) is 25.2. The van der Waals surface area contributed by atoms with Crippen LogP contribution in [-0.2, 0) is 9.47 Å². The van der Waals surface area contributed by atoms with E-state index < -0.39 is 12.2 Å². The van der Waals surface area contributed by atoms with Gasteiger partial charge in [-0.1, -0.05) is 37.3 Å². The molecule has 3 rings (SSSR count). The first-order chi connectivity index (χ1) is 16.9. The van der Waals surface area contributed by atoms with E-state index >= 15 is 0 Å². The number of carbonyl (C=O) groups excluding carboxylic acids is 2. The summed E-state index contributed by atoms with van der Waals surface area (Å²) >= 11 is 0. The Morgan fingerprint density at radius 2 is 1.80 bits per heavy atom. The van der Waals surface area contributed by atoms with Gasteiger partial charge >= 0.3 is 6.09 Å². The average Bonchev–Trinajstić information content (AvgIpc) is 2.89. The number of nitrogens with one attached hydrogen (secondary N) is 1. The highest BCUT2D eigenvalue weighted by molar-refractivity contribution is 6.05. The van der Waals surface area contributed by atoms with Crippen LogP contribution in [0.25, 0.3) is 0 Å². The highest BCUT2D eigenvalue weighted by Gasteiger charge is 2.26. The van der Waals surface area contributed by atoms with Gasteiger partial charge in [-0.2, -0.15) is 0 Å². The summed E-state index contributed by atoms with van der Waals surface area (Å²) in [4.78, 5) is 31.6. The molecule has 0 aliphatic rings. The molecule has 0 radical (unpaired) electrons. The van der Waals surface area contributed by atoms with Crippen LogP contribution in [0.5, 0.6) is 0 Å². The molecule has 2 atom stereocenters. The Labute approximate surface area is 206 Å². The van der Waals surface area contributed by atoms with Crippen molar-refractivity contribution < 1.29 is 19.1 Å². The number of para-hydroxylation sites is 2. The summed E-state index contributed by atoms with van der Waals surface area (Å²) in [5.41, 5.74) is 9.15. The third-order valence-electron chi connectivity index (χ3n) is 5.77. The number of benzene rings is 2. The zero-order valence-corrected chi connectivity index (χ0v) is 20.3. The minimum Gasteiger partial charge on any atom is -0.441 e. The number of carbonyl (C=O) groups is 2. The second-order valence-electron chi connectivity index (χ2n) is 8.09. The fourth-order valence-corrected chi connectivity index (χ4v) is 3.67. The van der Waals surface area contributed by atoms with Gasteiger partial charge in [0.05, 0.1) is 24.0 Å². The summed E-state index contributed by atoms with van der Waals surface area (Å²) in [6, 6.07) is 17.6. The molecule has 184 valence electrons. The maximum Gasteiger partial charge on any atom is 0.410 e. The van der Waals surface area contributed by atoms with Crippen molar-refractivity contribution in [1.29, 1.82) is 0 Å². The lowest BCUT2D eigenvalue weighted by Crippen LogP contribution is -2.37. The molecule has 0 saturated heterocycles. The van der Waals surface area contributed by atoms with Crippen LogP contribution >= 0.6 is 0 Å². The van der Waals surface area contributed by atoms with Gasteiger partial charge in [0.25, 0.3) is 5.91 Å². The monoisotopic (exact) mass is 476 g/mol. The van der Waals surface area contributed by atoms with Gasteiger partial charge in [0.15, 0.2) is 0 Å². The molecule has 0 saturated carbocycles. The molecule has 0 unspecified atom stereocenters. The molecule has 0 aliphatic heterocycles. The zero-order valence-electron chi connectivity index (χ0n) is 20.3. The van der Waals surface area contributed by atoms with E-state index in [0.717, 1.165) is 11.1 Å². The Bertz CT molecular complexity index is 1110. The Hall–Kier alpha value is -3.91. The van der Waals surface area contributed by atoms with Gasteiger partial charge in [-0.25, -0.2) is 4.79 Å². The minimum absolute atomic E-state index is 0.236. The van der Waals surface area contributed by atoms with Crippen molar-refractivity contribution in [3.8, 4) is 0 Å². The van der Waals surface area contributed by atoms with Crippen molar-refractivity contribution in [3.05, 3.63) is 89.7 Å². The molecule has 8 nitrogen and oxygen atoms in total. The number of hydrogen-bond donors (Lipinski definition) is 2. The van der Waals surface area contributed by atoms with Crippen LogP contribution in [0, 0.1) is 0 Å². The largest absolute Gasteiger partial charge is 0.441 e. The number of nitrogens with two attached hydrogens (primary N) is 1. The van der Waals surface area contributed by atoms with E-state index in [1.165, 1.54) is 0 Å². The van der Waals surface area contributed by atoms with Crippen LogP contribution in [0.4, 0.5) is 16.2 Å². The van der Waals surface area contributed by atoms with Crippen LogP contribution < -0.4 is 11.1 Å². The second-order valence-corrected chi connectivity index (χ2v) is 8.09. The lowest BCUT2D eigenvalue weighted by atomic mass is 10.0. The maximum absolute atomic E-state index is 13.2. The summed E-state index contributed by atoms with van der Waals surface area (Å²) in [7, 11) is 1.59. The van der Waals surface area contributed by atoms with Crippen molar-refractivity contribution in [1.82, 2.24) is 9.88 Å². The second kappa shape index (κ2) is 12.5. The van der Waals surface area contributed by atoms with Crippen LogP contribution in [0.15, 0.2) is 73.1 Å². The van der Waals surface area contributed by atoms with Gasteiger partial charge in [-0.15, -0.1) is 0 Å². The van der Waals surface area contributed by atoms with E-state index in [4.69, 9.17) is 15.2 Å². The summed E-state index contributed by atoms with van der Waals surface area (Å²) in [6.45, 7) is 4.64. The number of pyridine rings is 1. The number of aromatic nitrogens is 1. The molecule has 1 heterocycles. The molecule has 0 bridgehead atoms. The van der Waals surface area contributed by atoms with Gasteiger partial charge in [0.2, 0.25) is 0 Å². The van der Waals surface area contributed by atoms with Crippen LogP contribution in [-0.4, -0.2) is 42.1 Å². The van der Waals surface area contributed by atoms with Crippen LogP contribution in [0.1, 0.15) is 53.9 Å². The third-order valence-corrected chi connectivity index (χ3v) is 5.77. The standard InChI is InChI=1S/C27H32N4O4/c1-4-25(35-27(33)31(16-17-34-3)19(2)22-8-7-15-29-18-22)20-11-13-21(14-12-20)26(32)30-24-10-6-5-9-23(24)28/h5-15,18-19,25H,4,16-17,28H2,1-3H3,(H,30,32)/t19-,25-/m0/s1. The molecule has 2 aromatic carbocycles. The molecule has 2 amide bonds. The van der Waals surface area contributed by atoms with E-state index in [-0.39, 0.29) is 11.9 Å². The van der Waals surface area contributed by atoms with Crippen molar-refractivity contribution >= 4 is 23.4 Å². The number of amides is 2. The van der Waals surface area contributed by atoms with Gasteiger partial charge in [0.1, 0.15) is 6.10 Å². The lowest BCUT2D eigenvalue weighted by molar-refractivity contribution is 0.0410. The maximum atomic E-state index is 13.2. The molecule has 3 aromatic rings. The molecule has 3 N–H and O–H groups in total. The van der Waals surface area contributed by atoms with Crippen molar-refractivity contribution in [2.24, 2.45) is 0 Å². The Balaban J connectivity index is 1.70. The van der Waals surface area contributed by atoms with E-state index in [9.17, 15) is 9.59 Å². The molecule has 0 fully saturated rings. The molecule has 1 aromatic heterocycles. The summed E-state index contributed by atoms with van der Waals surface area (Å²) in [5.74, 6) is -0.268. The Morgan fingerprint density at radius 3 is 2.43 bits per heavy atom. The molecular weight excluding hydrogens is 444 g/mol. The average molecular weight is 477 g/mol. The molecule has 0 spiro atoms. The third kappa shape index (κ3) is 6.80. The lowest BCUT2D eigenvalue weighted by Gasteiger charge is -2.30. The first kappa shape index (κ1) is 25.7. The highest BCUT2D eigenvalue weighted by Crippen LogP contribution is 2.26. The first-order valence-electron chi connectivity index (χ1n) is 11.6. The first-order valence-corrected chi connectivity index (χ1v) is 11.6. The number of rotatable bonds is 10. The predicted molar refractivity (Wildman–Crippen MR) is 136 cm³/mol. The van der Waals surface area contributed by atoms with Crippen molar-refractivity contribution in [3.63, 3.8) is 0 Å². The number of methoxy groups -OCH3 is 1. The SMILES string of the molecule is CC[C@H](OC(=O)N(CCOC)[C@@H](C)c1cccnc1)c1ccc(C(=O)Nc2ccccc2N)cc1. The van der Waals surface area contributed by atoms with Gasteiger partial charge < -0.3 is 20.5 Å². The number of nitrogen functional groups attached to an aromatic ring is 1. The Kier molecular flexibility index (Phi) is 9.20. The highest BCUT2D eigenvalue weighted by atomic mass is 16.6. The van der Waals surface area contributed by atoms with Crippen molar-refractivity contribution in [2.45, 2.75) is 32.4 Å². The smallest absolute Gasteiger partial charge is 0.410 e. The van der Waals surface area contributed by atoms with Crippen LogP contribution in [0.2, 0.25) is 0 Å². The Morgan fingerprint density at radius 1 is 1.06 bits per heavy atom. The molecule has 0 aliphatic carbocycles. The minimum atomic E-state index is -0.462. The summed E-state index contributed by atoms with van der Waals surface area (Å²) in [5, 5.41) is 2.81. The van der Waals surface area contributed by atoms with E-state index in [1.807, 2.05) is 26.0 Å². The van der Waals surface area contributed by atoms with E-state index in [1.54, 1.807) is 72.9 Å². The molecular formula is C27H32N4O4. The number of anilines is 2. The number of hydrogen-bond acceptors (Lipinski definition) is 6. The van der Waals surface area contributed by atoms with Gasteiger partial charge in [-0.05, 0) is 54.8 Å². The summed E-state index contributed by atoms with van der Waals surface area (Å²) in [6.07, 6.45) is 3.11. The topological polar surface area (TPSA) is 107 Å². The van der Waals surface area contributed by atoms with Gasteiger partial charge in [-0.3, -0.25) is 14.7 Å². The van der Waals surface area contributed by atoms with Crippen LogP contribution in [0.3, 0.4) is 0 Å². The fraction of sp³-hybridized carbons (Fsp3) is 0.296. The normalized spacial score (nSPS) is 12.4. The van der Waals surface area contributed by atoms with Gasteiger partial charge in [0, 0.05) is 31.6 Å². The molecule has 35 heavy (non-hydrogen) atoms. The number of nitrogens with zero attached hydrogens (tertiary/aromatic N) is 2. The predicted octanol–water partition coefficient (Wildman–Crippen LogP) is 5.21.